The van der Waals surface area contributed by atoms with E-state index in [9.17, 15) is 4.21 Å². The number of nitrogens with one attached hydrogen (secondary N) is 1. The van der Waals surface area contributed by atoms with Gasteiger partial charge in [0.05, 0.1) is 0 Å². The molecule has 1 N–H and O–H groups in total. The van der Waals surface area contributed by atoms with E-state index in [2.05, 4.69) is 28.5 Å². The number of hydrogen-bond donors (Lipinski definition) is 1. The van der Waals surface area contributed by atoms with Gasteiger partial charge in [0.15, 0.2) is 0 Å². The molecular weight excluding hydrogens is 290 g/mol. The highest BCUT2D eigenvalue weighted by Crippen LogP contribution is 2.26. The minimum Gasteiger partial charge on any atom is -0.358 e. The van der Waals surface area contributed by atoms with E-state index in [0.717, 1.165) is 48.8 Å². The van der Waals surface area contributed by atoms with Gasteiger partial charge in [-0.3, -0.25) is 4.21 Å². The molecule has 1 heterocycles. The molecule has 1 aromatic heterocycles. The monoisotopic (exact) mass is 315 g/mol. The van der Waals surface area contributed by atoms with Gasteiger partial charge in [-0.2, -0.15) is 4.37 Å². The van der Waals surface area contributed by atoms with Crippen molar-refractivity contribution in [3.8, 4) is 0 Å². The van der Waals surface area contributed by atoms with E-state index in [1.165, 1.54) is 11.5 Å². The maximum absolute atomic E-state index is 11.9. The summed E-state index contributed by atoms with van der Waals surface area (Å²) in [5, 5.41) is 4.77. The smallest absolute Gasteiger partial charge is 0.202 e. The second kappa shape index (κ2) is 7.50. The molecular formula is C14H25N3OS2. The standard InChI is InChI=1S/C14H25N3OS2/c1-4-20(18)12-7-5-6-11(9-12)15-14-16-13(17-19-14)8-10(2)3/h10-12H,4-9H2,1-3H3,(H,15,16,17). The highest BCUT2D eigenvalue weighted by molar-refractivity contribution is 7.85. The molecule has 0 spiro atoms. The quantitative estimate of drug-likeness (QED) is 0.875. The topological polar surface area (TPSA) is 54.9 Å². The van der Waals surface area contributed by atoms with Crippen molar-refractivity contribution in [2.45, 2.75) is 64.2 Å². The summed E-state index contributed by atoms with van der Waals surface area (Å²) in [4.78, 5) is 4.55. The van der Waals surface area contributed by atoms with Crippen molar-refractivity contribution in [2.75, 3.05) is 11.1 Å². The summed E-state index contributed by atoms with van der Waals surface area (Å²) >= 11 is 1.45. The van der Waals surface area contributed by atoms with Gasteiger partial charge in [-0.15, -0.1) is 0 Å². The first-order valence-corrected chi connectivity index (χ1v) is 9.70. The minimum absolute atomic E-state index is 0.356. The largest absolute Gasteiger partial charge is 0.358 e. The summed E-state index contributed by atoms with van der Waals surface area (Å²) < 4.78 is 16.3. The van der Waals surface area contributed by atoms with Crippen LogP contribution >= 0.6 is 11.5 Å². The fourth-order valence-corrected chi connectivity index (χ4v) is 4.71. The fraction of sp³-hybridized carbons (Fsp3) is 0.857. The summed E-state index contributed by atoms with van der Waals surface area (Å²) in [6, 6.07) is 0.407. The van der Waals surface area contributed by atoms with Gasteiger partial charge in [0.2, 0.25) is 5.13 Å². The van der Waals surface area contributed by atoms with E-state index < -0.39 is 10.8 Å². The van der Waals surface area contributed by atoms with Crippen LogP contribution in [0, 0.1) is 5.92 Å². The van der Waals surface area contributed by atoms with Crippen molar-refractivity contribution in [3.63, 3.8) is 0 Å². The van der Waals surface area contributed by atoms with Crippen molar-refractivity contribution < 1.29 is 4.21 Å². The number of anilines is 1. The van der Waals surface area contributed by atoms with Crippen LogP contribution in [-0.2, 0) is 17.2 Å². The first-order valence-electron chi connectivity index (χ1n) is 7.54. The summed E-state index contributed by atoms with van der Waals surface area (Å²) in [6.07, 6.45) is 5.35. The van der Waals surface area contributed by atoms with Crippen LogP contribution < -0.4 is 5.32 Å². The van der Waals surface area contributed by atoms with Crippen LogP contribution in [0.1, 0.15) is 52.3 Å². The van der Waals surface area contributed by atoms with Crippen LogP contribution in [0.25, 0.3) is 0 Å². The average molecular weight is 316 g/mol. The lowest BCUT2D eigenvalue weighted by Gasteiger charge is -2.28. The molecule has 114 valence electrons. The Labute approximate surface area is 128 Å². The van der Waals surface area contributed by atoms with Crippen molar-refractivity contribution in [2.24, 2.45) is 5.92 Å². The van der Waals surface area contributed by atoms with E-state index in [0.29, 0.717) is 17.2 Å². The number of nitrogens with zero attached hydrogens (tertiary/aromatic N) is 2. The van der Waals surface area contributed by atoms with Gasteiger partial charge in [0.25, 0.3) is 0 Å². The Morgan fingerprint density at radius 3 is 2.95 bits per heavy atom. The zero-order chi connectivity index (χ0) is 14.5. The summed E-state index contributed by atoms with van der Waals surface area (Å²) in [6.45, 7) is 6.37. The minimum atomic E-state index is -0.667. The molecule has 3 unspecified atom stereocenters. The third-order valence-electron chi connectivity index (χ3n) is 3.67. The molecule has 2 rings (SSSR count). The second-order valence-corrected chi connectivity index (χ2v) is 8.67. The Morgan fingerprint density at radius 2 is 2.25 bits per heavy atom. The molecule has 0 radical (unpaired) electrons. The van der Waals surface area contributed by atoms with Crippen LogP contribution in [0.5, 0.6) is 0 Å². The Kier molecular flexibility index (Phi) is 5.96. The maximum atomic E-state index is 11.9. The molecule has 1 aliphatic carbocycles. The lowest BCUT2D eigenvalue weighted by molar-refractivity contribution is 0.465. The molecule has 0 aromatic carbocycles. The number of rotatable bonds is 6. The predicted molar refractivity (Wildman–Crippen MR) is 86.8 cm³/mol. The molecule has 0 saturated heterocycles. The molecule has 1 aliphatic rings. The third kappa shape index (κ3) is 4.52. The van der Waals surface area contributed by atoms with E-state index >= 15 is 0 Å². The van der Waals surface area contributed by atoms with Gasteiger partial charge in [-0.1, -0.05) is 27.2 Å². The highest BCUT2D eigenvalue weighted by Gasteiger charge is 2.26. The maximum Gasteiger partial charge on any atom is 0.202 e. The molecule has 3 atom stereocenters. The van der Waals surface area contributed by atoms with Gasteiger partial charge in [0.1, 0.15) is 5.82 Å². The lowest BCUT2D eigenvalue weighted by Crippen LogP contribution is -2.32. The van der Waals surface area contributed by atoms with Crippen LogP contribution in [0.15, 0.2) is 0 Å². The van der Waals surface area contributed by atoms with Crippen molar-refractivity contribution in [1.82, 2.24) is 9.36 Å². The van der Waals surface area contributed by atoms with E-state index in [1.54, 1.807) is 0 Å². The molecule has 1 fully saturated rings. The first-order chi connectivity index (χ1) is 9.58. The normalized spacial score (nSPS) is 24.8. The SMILES string of the molecule is CCS(=O)C1CCCC(Nc2nc(CC(C)C)ns2)C1. The summed E-state index contributed by atoms with van der Waals surface area (Å²) in [5.41, 5.74) is 0. The number of hydrogen-bond acceptors (Lipinski definition) is 5. The van der Waals surface area contributed by atoms with Crippen LogP contribution in [0.2, 0.25) is 0 Å². The van der Waals surface area contributed by atoms with Crippen molar-refractivity contribution >= 4 is 27.5 Å². The first kappa shape index (κ1) is 15.9. The molecule has 6 heteroatoms. The second-order valence-electron chi connectivity index (χ2n) is 5.91. The number of aromatic nitrogens is 2. The van der Waals surface area contributed by atoms with E-state index in [-0.39, 0.29) is 0 Å². The molecule has 0 aliphatic heterocycles. The average Bonchev–Trinajstić information content (AvgIpc) is 2.84. The van der Waals surface area contributed by atoms with Gasteiger partial charge in [-0.05, 0) is 25.2 Å². The third-order valence-corrected chi connectivity index (χ3v) is 6.09. The van der Waals surface area contributed by atoms with Crippen molar-refractivity contribution in [1.29, 1.82) is 0 Å². The Hall–Kier alpha value is -0.490. The van der Waals surface area contributed by atoms with Crippen LogP contribution in [-0.4, -0.2) is 30.6 Å². The highest BCUT2D eigenvalue weighted by atomic mass is 32.2. The van der Waals surface area contributed by atoms with Crippen molar-refractivity contribution in [3.05, 3.63) is 5.82 Å². The lowest BCUT2D eigenvalue weighted by atomic mass is 9.95. The molecule has 1 aromatic rings. The Bertz CT molecular complexity index is 447. The summed E-state index contributed by atoms with van der Waals surface area (Å²) in [7, 11) is -0.667. The Balaban J connectivity index is 1.89. The Morgan fingerprint density at radius 1 is 1.45 bits per heavy atom. The van der Waals surface area contributed by atoms with E-state index in [1.807, 2.05) is 6.92 Å². The van der Waals surface area contributed by atoms with Gasteiger partial charge < -0.3 is 5.32 Å². The van der Waals surface area contributed by atoms with Gasteiger partial charge in [0, 0.05) is 45.8 Å². The predicted octanol–water partition coefficient (Wildman–Crippen LogP) is 3.23. The molecule has 1 saturated carbocycles. The molecule has 0 amide bonds. The van der Waals surface area contributed by atoms with Crippen LogP contribution in [0.3, 0.4) is 0 Å². The molecule has 4 nitrogen and oxygen atoms in total. The van der Waals surface area contributed by atoms with Gasteiger partial charge in [-0.25, -0.2) is 4.98 Å². The fourth-order valence-electron chi connectivity index (χ4n) is 2.69. The molecule has 20 heavy (non-hydrogen) atoms. The zero-order valence-electron chi connectivity index (χ0n) is 12.6. The van der Waals surface area contributed by atoms with E-state index in [4.69, 9.17) is 0 Å². The zero-order valence-corrected chi connectivity index (χ0v) is 14.2. The van der Waals surface area contributed by atoms with Crippen LogP contribution in [0.4, 0.5) is 5.13 Å². The summed E-state index contributed by atoms with van der Waals surface area (Å²) in [5.74, 6) is 2.30. The van der Waals surface area contributed by atoms with Gasteiger partial charge >= 0.3 is 0 Å². The molecule has 0 bridgehead atoms.